The van der Waals surface area contributed by atoms with Crippen LogP contribution in [-0.2, 0) is 16.1 Å². The van der Waals surface area contributed by atoms with Crippen LogP contribution in [0, 0.1) is 0 Å². The average Bonchev–Trinajstić information content (AvgIpc) is 3.09. The molecule has 1 aromatic heterocycles. The normalized spacial score (nSPS) is 16.8. The number of carbonyl (C=O) groups is 3. The average molecular weight is 307 g/mol. The van der Waals surface area contributed by atoms with Crippen LogP contribution >= 0.6 is 0 Å². The molecule has 120 valence electrons. The zero-order valence-electron chi connectivity index (χ0n) is 13.1. The molecule has 0 spiro atoms. The fraction of sp³-hybridized carbons (Fsp3) is 0.533. The molecule has 4 amide bonds. The molecule has 0 radical (unpaired) electrons. The third kappa shape index (κ3) is 2.84. The van der Waals surface area contributed by atoms with Gasteiger partial charge in [-0.3, -0.25) is 14.5 Å². The van der Waals surface area contributed by atoms with Crippen molar-refractivity contribution in [3.05, 3.63) is 24.2 Å². The van der Waals surface area contributed by atoms with E-state index in [4.69, 9.17) is 4.42 Å². The Morgan fingerprint density at radius 2 is 2.05 bits per heavy atom. The molecule has 0 atom stereocenters. The van der Waals surface area contributed by atoms with Gasteiger partial charge < -0.3 is 14.6 Å². The number of likely N-dealkylation sites (N-methyl/N-ethyl adjacent to an activating group) is 1. The molecule has 0 bridgehead atoms. The number of urea groups is 1. The van der Waals surface area contributed by atoms with E-state index in [0.29, 0.717) is 25.1 Å². The summed E-state index contributed by atoms with van der Waals surface area (Å²) in [4.78, 5) is 39.1. The van der Waals surface area contributed by atoms with Crippen LogP contribution in [0.3, 0.4) is 0 Å². The van der Waals surface area contributed by atoms with E-state index in [1.165, 1.54) is 11.2 Å². The van der Waals surface area contributed by atoms with Crippen LogP contribution in [0.4, 0.5) is 4.79 Å². The molecule has 1 aliphatic heterocycles. The van der Waals surface area contributed by atoms with Gasteiger partial charge in [-0.15, -0.1) is 0 Å². The fourth-order valence-electron chi connectivity index (χ4n) is 2.53. The molecule has 1 N–H and O–H groups in total. The molecule has 0 saturated carbocycles. The van der Waals surface area contributed by atoms with E-state index in [0.717, 1.165) is 4.90 Å². The van der Waals surface area contributed by atoms with Crippen molar-refractivity contribution >= 4 is 17.8 Å². The van der Waals surface area contributed by atoms with E-state index < -0.39 is 11.6 Å². The van der Waals surface area contributed by atoms with Crippen molar-refractivity contribution < 1.29 is 18.8 Å². The third-order valence-corrected chi connectivity index (χ3v) is 4.15. The number of furan rings is 1. The van der Waals surface area contributed by atoms with Crippen LogP contribution < -0.4 is 5.32 Å². The number of nitrogens with zero attached hydrogens (tertiary/aromatic N) is 2. The molecule has 1 aromatic rings. The third-order valence-electron chi connectivity index (χ3n) is 4.15. The summed E-state index contributed by atoms with van der Waals surface area (Å²) in [6.07, 6.45) is 2.53. The lowest BCUT2D eigenvalue weighted by Gasteiger charge is -2.23. The van der Waals surface area contributed by atoms with Crippen molar-refractivity contribution in [2.75, 3.05) is 13.6 Å². The summed E-state index contributed by atoms with van der Waals surface area (Å²) in [6, 6.07) is 2.99. The highest BCUT2D eigenvalue weighted by Gasteiger charge is 2.49. The van der Waals surface area contributed by atoms with E-state index in [1.54, 1.807) is 19.2 Å². The monoisotopic (exact) mass is 307 g/mol. The topological polar surface area (TPSA) is 82.9 Å². The van der Waals surface area contributed by atoms with Crippen molar-refractivity contribution in [3.63, 3.8) is 0 Å². The van der Waals surface area contributed by atoms with Gasteiger partial charge in [0.2, 0.25) is 5.91 Å². The lowest BCUT2D eigenvalue weighted by atomic mass is 9.93. The summed E-state index contributed by atoms with van der Waals surface area (Å²) in [5.41, 5.74) is -0.878. The number of hydrogen-bond acceptors (Lipinski definition) is 4. The Morgan fingerprint density at radius 3 is 2.55 bits per heavy atom. The predicted molar refractivity (Wildman–Crippen MR) is 78.7 cm³/mol. The summed E-state index contributed by atoms with van der Waals surface area (Å²) in [5.74, 6) is -0.00494. The van der Waals surface area contributed by atoms with Crippen LogP contribution in [0.25, 0.3) is 0 Å². The Morgan fingerprint density at radius 1 is 1.36 bits per heavy atom. The van der Waals surface area contributed by atoms with Gasteiger partial charge in [-0.05, 0) is 25.0 Å². The van der Waals surface area contributed by atoms with E-state index >= 15 is 0 Å². The number of rotatable bonds is 6. The minimum absolute atomic E-state index is 0.260. The maximum absolute atomic E-state index is 12.4. The first kappa shape index (κ1) is 16.1. The number of amides is 4. The number of imide groups is 1. The Kier molecular flexibility index (Phi) is 4.54. The summed E-state index contributed by atoms with van der Waals surface area (Å²) in [6.45, 7) is 3.72. The minimum Gasteiger partial charge on any atom is -0.467 e. The Labute approximate surface area is 129 Å². The molecule has 22 heavy (non-hydrogen) atoms. The van der Waals surface area contributed by atoms with Gasteiger partial charge in [0.05, 0.1) is 12.8 Å². The molecule has 7 heteroatoms. The SMILES string of the molecule is CCC1(CC)NC(=O)N(CC(=O)N(C)Cc2ccco2)C1=O. The minimum atomic E-state index is -0.878. The standard InChI is InChI=1S/C15H21N3O4/c1-4-15(5-2)13(20)18(14(21)16-15)10-12(19)17(3)9-11-7-6-8-22-11/h6-8H,4-5,9-10H2,1-3H3,(H,16,21). The van der Waals surface area contributed by atoms with Gasteiger partial charge in [-0.25, -0.2) is 4.79 Å². The zero-order valence-corrected chi connectivity index (χ0v) is 13.1. The van der Waals surface area contributed by atoms with E-state index in [1.807, 2.05) is 13.8 Å². The molecule has 0 aliphatic carbocycles. The second-order valence-electron chi connectivity index (χ2n) is 5.44. The highest BCUT2D eigenvalue weighted by Crippen LogP contribution is 2.24. The van der Waals surface area contributed by atoms with Gasteiger partial charge in [0.25, 0.3) is 5.91 Å². The Hall–Kier alpha value is -2.31. The molecule has 0 aromatic carbocycles. The fourth-order valence-corrected chi connectivity index (χ4v) is 2.53. The maximum atomic E-state index is 12.4. The van der Waals surface area contributed by atoms with Gasteiger partial charge >= 0.3 is 6.03 Å². The molecular formula is C15H21N3O4. The molecular weight excluding hydrogens is 286 g/mol. The Bertz CT molecular complexity index is 563. The van der Waals surface area contributed by atoms with Crippen molar-refractivity contribution in [1.82, 2.24) is 15.1 Å². The molecule has 2 heterocycles. The molecule has 2 rings (SSSR count). The van der Waals surface area contributed by atoms with Crippen LogP contribution in [0.5, 0.6) is 0 Å². The second-order valence-corrected chi connectivity index (χ2v) is 5.44. The highest BCUT2D eigenvalue weighted by molar-refractivity contribution is 6.08. The van der Waals surface area contributed by atoms with Crippen LogP contribution in [0.1, 0.15) is 32.4 Å². The molecule has 1 saturated heterocycles. The smallest absolute Gasteiger partial charge is 0.325 e. The molecule has 1 fully saturated rings. The number of carbonyl (C=O) groups excluding carboxylic acids is 3. The summed E-state index contributed by atoms with van der Waals surface area (Å²) >= 11 is 0. The number of hydrogen-bond donors (Lipinski definition) is 1. The van der Waals surface area contributed by atoms with Crippen molar-refractivity contribution in [1.29, 1.82) is 0 Å². The van der Waals surface area contributed by atoms with Crippen LogP contribution in [0.15, 0.2) is 22.8 Å². The molecule has 7 nitrogen and oxygen atoms in total. The van der Waals surface area contributed by atoms with Gasteiger partial charge in [-0.2, -0.15) is 0 Å². The van der Waals surface area contributed by atoms with Crippen molar-refractivity contribution in [2.45, 2.75) is 38.8 Å². The van der Waals surface area contributed by atoms with E-state index in [2.05, 4.69) is 5.32 Å². The van der Waals surface area contributed by atoms with Gasteiger partial charge in [0.1, 0.15) is 17.8 Å². The molecule has 0 unspecified atom stereocenters. The summed E-state index contributed by atoms with van der Waals surface area (Å²) in [7, 11) is 1.61. The lowest BCUT2D eigenvalue weighted by Crippen LogP contribution is -2.46. The maximum Gasteiger partial charge on any atom is 0.325 e. The van der Waals surface area contributed by atoms with E-state index in [9.17, 15) is 14.4 Å². The highest BCUT2D eigenvalue weighted by atomic mass is 16.3. The zero-order chi connectivity index (χ0) is 16.3. The summed E-state index contributed by atoms with van der Waals surface area (Å²) in [5, 5.41) is 2.70. The van der Waals surface area contributed by atoms with Gasteiger partial charge in [0.15, 0.2) is 0 Å². The van der Waals surface area contributed by atoms with E-state index in [-0.39, 0.29) is 18.4 Å². The summed E-state index contributed by atoms with van der Waals surface area (Å²) < 4.78 is 5.18. The largest absolute Gasteiger partial charge is 0.467 e. The van der Waals surface area contributed by atoms with Crippen LogP contribution in [0.2, 0.25) is 0 Å². The van der Waals surface area contributed by atoms with Gasteiger partial charge in [-0.1, -0.05) is 13.8 Å². The first-order valence-electron chi connectivity index (χ1n) is 7.34. The molecule has 1 aliphatic rings. The van der Waals surface area contributed by atoms with Crippen molar-refractivity contribution in [3.8, 4) is 0 Å². The van der Waals surface area contributed by atoms with Gasteiger partial charge in [0, 0.05) is 7.05 Å². The number of nitrogens with one attached hydrogen (secondary N) is 1. The predicted octanol–water partition coefficient (Wildman–Crippen LogP) is 1.35. The van der Waals surface area contributed by atoms with Crippen molar-refractivity contribution in [2.24, 2.45) is 0 Å². The Balaban J connectivity index is 2.02. The lowest BCUT2D eigenvalue weighted by molar-refractivity contribution is -0.138. The second kappa shape index (κ2) is 6.21. The van der Waals surface area contributed by atoms with Crippen LogP contribution in [-0.4, -0.2) is 46.8 Å². The first-order chi connectivity index (χ1) is 10.4. The quantitative estimate of drug-likeness (QED) is 0.804. The first-order valence-corrected chi connectivity index (χ1v) is 7.34.